The van der Waals surface area contributed by atoms with Crippen molar-refractivity contribution in [3.8, 4) is 11.8 Å². The smallest absolute Gasteiger partial charge is 0.251 e. The molecule has 0 atom stereocenters. The number of amides is 1. The number of hydrogen-bond acceptors (Lipinski definition) is 2. The highest BCUT2D eigenvalue weighted by Gasteiger charge is 2.20. The summed E-state index contributed by atoms with van der Waals surface area (Å²) < 4.78 is 0. The summed E-state index contributed by atoms with van der Waals surface area (Å²) >= 11 is 0. The molecule has 1 amide bonds. The van der Waals surface area contributed by atoms with Crippen molar-refractivity contribution in [3.05, 3.63) is 35.4 Å². The molecule has 1 aliphatic rings. The van der Waals surface area contributed by atoms with Crippen molar-refractivity contribution >= 4 is 5.91 Å². The first-order chi connectivity index (χ1) is 9.29. The molecule has 2 rings (SSSR count). The van der Waals surface area contributed by atoms with Crippen LogP contribution in [0.15, 0.2) is 24.3 Å². The lowest BCUT2D eigenvalue weighted by atomic mass is 10.1. The highest BCUT2D eigenvalue weighted by atomic mass is 16.2. The second-order valence-corrected chi connectivity index (χ2v) is 4.88. The van der Waals surface area contributed by atoms with Crippen LogP contribution in [0, 0.1) is 17.8 Å². The van der Waals surface area contributed by atoms with Crippen LogP contribution in [0.2, 0.25) is 0 Å². The van der Waals surface area contributed by atoms with Gasteiger partial charge in [-0.2, -0.15) is 0 Å². The number of carbonyl (C=O) groups is 1. The Bertz CT molecular complexity index is 478. The molecule has 0 bridgehead atoms. The van der Waals surface area contributed by atoms with Crippen LogP contribution in [0.5, 0.6) is 0 Å². The van der Waals surface area contributed by atoms with Gasteiger partial charge in [0.15, 0.2) is 0 Å². The van der Waals surface area contributed by atoms with E-state index in [2.05, 4.69) is 17.2 Å². The molecule has 3 nitrogen and oxygen atoms in total. The standard InChI is InChI=1S/C16H19NO2/c18-12-2-4-14-7-9-15(10-8-14)16(19)17-11-1-3-13-5-6-13/h7-10,13,18H,1,3,5-6,11-12H2,(H,17,19). The zero-order valence-electron chi connectivity index (χ0n) is 11.0. The molecule has 100 valence electrons. The van der Waals surface area contributed by atoms with E-state index >= 15 is 0 Å². The Labute approximate surface area is 114 Å². The maximum absolute atomic E-state index is 11.8. The molecule has 1 aliphatic carbocycles. The molecule has 1 aromatic rings. The largest absolute Gasteiger partial charge is 0.384 e. The molecule has 2 N–H and O–H groups in total. The van der Waals surface area contributed by atoms with Gasteiger partial charge in [-0.25, -0.2) is 0 Å². The lowest BCUT2D eigenvalue weighted by Crippen LogP contribution is -2.24. The predicted octanol–water partition coefficient (Wildman–Crippen LogP) is 1.95. The Morgan fingerprint density at radius 3 is 2.68 bits per heavy atom. The fourth-order valence-corrected chi connectivity index (χ4v) is 1.95. The SMILES string of the molecule is O=C(NCCCC1CC1)c1ccc(C#CCO)cc1. The van der Waals surface area contributed by atoms with E-state index in [0.717, 1.165) is 24.4 Å². The molecule has 0 unspecified atom stereocenters. The van der Waals surface area contributed by atoms with E-state index in [0.29, 0.717) is 5.56 Å². The van der Waals surface area contributed by atoms with Gasteiger partial charge in [-0.15, -0.1) is 0 Å². The van der Waals surface area contributed by atoms with Crippen LogP contribution in [-0.4, -0.2) is 24.2 Å². The van der Waals surface area contributed by atoms with Gasteiger partial charge in [0.05, 0.1) is 0 Å². The minimum Gasteiger partial charge on any atom is -0.384 e. The van der Waals surface area contributed by atoms with Gasteiger partial charge in [0.25, 0.3) is 5.91 Å². The second-order valence-electron chi connectivity index (χ2n) is 4.88. The minimum atomic E-state index is -0.150. The summed E-state index contributed by atoms with van der Waals surface area (Å²) in [5, 5.41) is 11.5. The van der Waals surface area contributed by atoms with Crippen LogP contribution in [-0.2, 0) is 0 Å². The van der Waals surface area contributed by atoms with Crippen LogP contribution < -0.4 is 5.32 Å². The predicted molar refractivity (Wildman–Crippen MR) is 74.7 cm³/mol. The second kappa shape index (κ2) is 6.96. The van der Waals surface area contributed by atoms with Crippen molar-refractivity contribution in [2.75, 3.05) is 13.2 Å². The molecule has 0 aliphatic heterocycles. The van der Waals surface area contributed by atoms with Crippen molar-refractivity contribution in [2.45, 2.75) is 25.7 Å². The van der Waals surface area contributed by atoms with Gasteiger partial charge in [0.2, 0.25) is 0 Å². The summed E-state index contributed by atoms with van der Waals surface area (Å²) in [5.41, 5.74) is 1.46. The van der Waals surface area contributed by atoms with E-state index in [4.69, 9.17) is 5.11 Å². The lowest BCUT2D eigenvalue weighted by molar-refractivity contribution is 0.0953. The molecule has 1 saturated carbocycles. The highest BCUT2D eigenvalue weighted by Crippen LogP contribution is 2.33. The van der Waals surface area contributed by atoms with Gasteiger partial charge < -0.3 is 10.4 Å². The number of aliphatic hydroxyl groups is 1. The summed E-state index contributed by atoms with van der Waals surface area (Å²) in [6.45, 7) is 0.602. The molecule has 3 heteroatoms. The van der Waals surface area contributed by atoms with Gasteiger partial charge in [-0.1, -0.05) is 24.7 Å². The van der Waals surface area contributed by atoms with E-state index in [1.165, 1.54) is 19.3 Å². The summed E-state index contributed by atoms with van der Waals surface area (Å²) in [6.07, 6.45) is 5.03. The average molecular weight is 257 g/mol. The number of rotatable bonds is 5. The van der Waals surface area contributed by atoms with Crippen LogP contribution in [0.1, 0.15) is 41.6 Å². The summed E-state index contributed by atoms with van der Waals surface area (Å²) in [7, 11) is 0. The summed E-state index contributed by atoms with van der Waals surface area (Å²) in [4.78, 5) is 11.8. The fraction of sp³-hybridized carbons (Fsp3) is 0.438. The fourth-order valence-electron chi connectivity index (χ4n) is 1.95. The monoisotopic (exact) mass is 257 g/mol. The van der Waals surface area contributed by atoms with Crippen molar-refractivity contribution in [1.29, 1.82) is 0 Å². The Kier molecular flexibility index (Phi) is 5.00. The maximum Gasteiger partial charge on any atom is 0.251 e. The first-order valence-corrected chi connectivity index (χ1v) is 6.77. The number of aliphatic hydroxyl groups excluding tert-OH is 1. The van der Waals surface area contributed by atoms with Crippen molar-refractivity contribution < 1.29 is 9.90 Å². The van der Waals surface area contributed by atoms with Gasteiger partial charge in [-0.3, -0.25) is 4.79 Å². The average Bonchev–Trinajstić information content (AvgIpc) is 3.26. The van der Waals surface area contributed by atoms with Crippen LogP contribution in [0.25, 0.3) is 0 Å². The topological polar surface area (TPSA) is 49.3 Å². The van der Waals surface area contributed by atoms with E-state index in [9.17, 15) is 4.79 Å². The zero-order chi connectivity index (χ0) is 13.5. The molecule has 1 fully saturated rings. The third-order valence-corrected chi connectivity index (χ3v) is 3.23. The van der Waals surface area contributed by atoms with E-state index < -0.39 is 0 Å². The number of carbonyl (C=O) groups excluding carboxylic acids is 1. The number of benzene rings is 1. The lowest BCUT2D eigenvalue weighted by Gasteiger charge is -2.04. The quantitative estimate of drug-likeness (QED) is 0.625. The first kappa shape index (κ1) is 13.6. The Morgan fingerprint density at radius 2 is 2.05 bits per heavy atom. The van der Waals surface area contributed by atoms with Gasteiger partial charge >= 0.3 is 0 Å². The Morgan fingerprint density at radius 1 is 1.32 bits per heavy atom. The molecule has 0 radical (unpaired) electrons. The van der Waals surface area contributed by atoms with Crippen molar-refractivity contribution in [2.24, 2.45) is 5.92 Å². The van der Waals surface area contributed by atoms with E-state index in [1.807, 2.05) is 0 Å². The minimum absolute atomic E-state index is 0.0301. The zero-order valence-corrected chi connectivity index (χ0v) is 11.0. The van der Waals surface area contributed by atoms with Crippen molar-refractivity contribution in [3.63, 3.8) is 0 Å². The molecule has 0 saturated heterocycles. The normalized spacial score (nSPS) is 13.5. The van der Waals surface area contributed by atoms with E-state index in [1.54, 1.807) is 24.3 Å². The molecule has 19 heavy (non-hydrogen) atoms. The molecule has 0 aromatic heterocycles. The van der Waals surface area contributed by atoms with E-state index in [-0.39, 0.29) is 12.5 Å². The molecule has 0 heterocycles. The summed E-state index contributed by atoms with van der Waals surface area (Å²) in [6, 6.07) is 7.11. The first-order valence-electron chi connectivity index (χ1n) is 6.77. The molecular formula is C16H19NO2. The Hall–Kier alpha value is -1.79. The number of nitrogens with one attached hydrogen (secondary N) is 1. The third-order valence-electron chi connectivity index (χ3n) is 3.23. The maximum atomic E-state index is 11.8. The van der Waals surface area contributed by atoms with Gasteiger partial charge in [0.1, 0.15) is 6.61 Å². The third kappa shape index (κ3) is 4.76. The van der Waals surface area contributed by atoms with Crippen LogP contribution in [0.4, 0.5) is 0 Å². The molecule has 0 spiro atoms. The summed E-state index contributed by atoms with van der Waals surface area (Å²) in [5.74, 6) is 6.26. The van der Waals surface area contributed by atoms with Gasteiger partial charge in [0, 0.05) is 17.7 Å². The molecule has 1 aromatic carbocycles. The van der Waals surface area contributed by atoms with Gasteiger partial charge in [-0.05, 0) is 43.0 Å². The molecular weight excluding hydrogens is 238 g/mol. The van der Waals surface area contributed by atoms with Crippen LogP contribution in [0.3, 0.4) is 0 Å². The highest BCUT2D eigenvalue weighted by molar-refractivity contribution is 5.94. The number of hydrogen-bond donors (Lipinski definition) is 2. The van der Waals surface area contributed by atoms with Crippen molar-refractivity contribution in [1.82, 2.24) is 5.32 Å². The van der Waals surface area contributed by atoms with Crippen LogP contribution >= 0.6 is 0 Å². The Balaban J connectivity index is 1.77.